The van der Waals surface area contributed by atoms with Gasteiger partial charge < -0.3 is 5.73 Å². The summed E-state index contributed by atoms with van der Waals surface area (Å²) in [6.07, 6.45) is 0.419. The van der Waals surface area contributed by atoms with Gasteiger partial charge in [0.25, 0.3) is 0 Å². The Balaban J connectivity index is 2.22. The molecular weight excluding hydrogens is 329 g/mol. The lowest BCUT2D eigenvalue weighted by Gasteiger charge is -2.14. The first-order chi connectivity index (χ1) is 8.97. The van der Waals surface area contributed by atoms with Crippen molar-refractivity contribution >= 4 is 27.5 Å². The maximum atomic E-state index is 13.7. The molecule has 0 saturated carbocycles. The highest BCUT2D eigenvalue weighted by molar-refractivity contribution is 9.10. The van der Waals surface area contributed by atoms with E-state index >= 15 is 0 Å². The van der Waals surface area contributed by atoms with Crippen LogP contribution in [-0.4, -0.2) is 0 Å². The van der Waals surface area contributed by atoms with Gasteiger partial charge in [-0.3, -0.25) is 0 Å². The topological polar surface area (TPSA) is 26.0 Å². The molecule has 2 aromatic carbocycles. The van der Waals surface area contributed by atoms with Crippen LogP contribution in [0.15, 0.2) is 40.9 Å². The Kier molecular flexibility index (Phi) is 4.61. The Bertz CT molecular complexity index is 601. The zero-order valence-electron chi connectivity index (χ0n) is 10.5. The van der Waals surface area contributed by atoms with Gasteiger partial charge in [0.1, 0.15) is 5.82 Å². The lowest BCUT2D eigenvalue weighted by Crippen LogP contribution is -2.14. The summed E-state index contributed by atoms with van der Waals surface area (Å²) in [7, 11) is 0. The van der Waals surface area contributed by atoms with Crippen LogP contribution in [0.25, 0.3) is 0 Å². The Hall–Kier alpha value is -0.900. The van der Waals surface area contributed by atoms with Crippen molar-refractivity contribution in [2.24, 2.45) is 5.73 Å². The monoisotopic (exact) mass is 341 g/mol. The van der Waals surface area contributed by atoms with E-state index in [1.54, 1.807) is 6.07 Å². The highest BCUT2D eigenvalue weighted by Crippen LogP contribution is 2.24. The standard InChI is InChI=1S/C15H14BrClFN/c1-9-2-3-10(7-13(9)16)15(19)8-11-6-12(17)4-5-14(11)18/h2-7,15H,8,19H2,1H3. The molecule has 0 saturated heterocycles. The normalized spacial score (nSPS) is 12.5. The van der Waals surface area contributed by atoms with Crippen molar-refractivity contribution in [3.05, 3.63) is 68.4 Å². The number of halogens is 3. The van der Waals surface area contributed by atoms with E-state index in [1.807, 2.05) is 25.1 Å². The summed E-state index contributed by atoms with van der Waals surface area (Å²) in [5.74, 6) is -0.272. The van der Waals surface area contributed by atoms with Crippen molar-refractivity contribution in [2.75, 3.05) is 0 Å². The van der Waals surface area contributed by atoms with Crippen LogP contribution in [-0.2, 0) is 6.42 Å². The van der Waals surface area contributed by atoms with Crippen molar-refractivity contribution in [3.63, 3.8) is 0 Å². The van der Waals surface area contributed by atoms with Crippen LogP contribution in [0, 0.1) is 12.7 Å². The summed E-state index contributed by atoms with van der Waals surface area (Å²) in [6, 6.07) is 10.2. The van der Waals surface area contributed by atoms with Crippen molar-refractivity contribution in [3.8, 4) is 0 Å². The second-order valence-electron chi connectivity index (χ2n) is 4.55. The molecule has 0 radical (unpaired) electrons. The number of aryl methyl sites for hydroxylation is 1. The SMILES string of the molecule is Cc1ccc(C(N)Cc2cc(Cl)ccc2F)cc1Br. The Morgan fingerprint density at radius 3 is 2.68 bits per heavy atom. The number of hydrogen-bond donors (Lipinski definition) is 1. The summed E-state index contributed by atoms with van der Waals surface area (Å²) < 4.78 is 14.7. The summed E-state index contributed by atoms with van der Waals surface area (Å²) in [5, 5.41) is 0.522. The van der Waals surface area contributed by atoms with Gasteiger partial charge in [-0.2, -0.15) is 0 Å². The molecule has 1 unspecified atom stereocenters. The summed E-state index contributed by atoms with van der Waals surface area (Å²) >= 11 is 9.35. The smallest absolute Gasteiger partial charge is 0.126 e. The van der Waals surface area contributed by atoms with Crippen LogP contribution in [0.3, 0.4) is 0 Å². The Labute approximate surface area is 125 Å². The molecule has 0 spiro atoms. The van der Waals surface area contributed by atoms with Gasteiger partial charge in [-0.15, -0.1) is 0 Å². The van der Waals surface area contributed by atoms with Crippen molar-refractivity contribution < 1.29 is 4.39 Å². The van der Waals surface area contributed by atoms with E-state index in [2.05, 4.69) is 15.9 Å². The van der Waals surface area contributed by atoms with E-state index in [4.69, 9.17) is 17.3 Å². The Morgan fingerprint density at radius 2 is 2.00 bits per heavy atom. The van der Waals surface area contributed by atoms with Crippen molar-refractivity contribution in [1.82, 2.24) is 0 Å². The van der Waals surface area contributed by atoms with E-state index < -0.39 is 0 Å². The van der Waals surface area contributed by atoms with E-state index in [0.29, 0.717) is 17.0 Å². The highest BCUT2D eigenvalue weighted by Gasteiger charge is 2.12. The Morgan fingerprint density at radius 1 is 1.26 bits per heavy atom. The molecule has 100 valence electrons. The number of benzene rings is 2. The van der Waals surface area contributed by atoms with Gasteiger partial charge in [0.05, 0.1) is 0 Å². The van der Waals surface area contributed by atoms with E-state index in [-0.39, 0.29) is 11.9 Å². The molecule has 1 nitrogen and oxygen atoms in total. The third kappa shape index (κ3) is 3.56. The van der Waals surface area contributed by atoms with Crippen LogP contribution in [0.5, 0.6) is 0 Å². The van der Waals surface area contributed by atoms with Crippen LogP contribution in [0.2, 0.25) is 5.02 Å². The fraction of sp³-hybridized carbons (Fsp3) is 0.200. The van der Waals surface area contributed by atoms with E-state index in [1.165, 1.54) is 12.1 Å². The first kappa shape index (κ1) is 14.5. The second kappa shape index (κ2) is 6.04. The third-order valence-corrected chi connectivity index (χ3v) is 4.16. The minimum absolute atomic E-state index is 0.259. The average Bonchev–Trinajstić information content (AvgIpc) is 2.37. The van der Waals surface area contributed by atoms with Crippen LogP contribution in [0.4, 0.5) is 4.39 Å². The second-order valence-corrected chi connectivity index (χ2v) is 5.85. The van der Waals surface area contributed by atoms with Gasteiger partial charge in [-0.05, 0) is 54.3 Å². The van der Waals surface area contributed by atoms with Gasteiger partial charge >= 0.3 is 0 Å². The van der Waals surface area contributed by atoms with Crippen molar-refractivity contribution in [1.29, 1.82) is 0 Å². The molecule has 0 bridgehead atoms. The largest absolute Gasteiger partial charge is 0.324 e. The van der Waals surface area contributed by atoms with Crippen LogP contribution >= 0.6 is 27.5 Å². The maximum absolute atomic E-state index is 13.7. The van der Waals surface area contributed by atoms with E-state index in [9.17, 15) is 4.39 Å². The molecule has 0 aliphatic heterocycles. The van der Waals surface area contributed by atoms with Gasteiger partial charge in [0.15, 0.2) is 0 Å². The first-order valence-electron chi connectivity index (χ1n) is 5.93. The number of hydrogen-bond acceptors (Lipinski definition) is 1. The quantitative estimate of drug-likeness (QED) is 0.852. The van der Waals surface area contributed by atoms with Gasteiger partial charge in [0.2, 0.25) is 0 Å². The molecule has 2 rings (SSSR count). The van der Waals surface area contributed by atoms with Crippen LogP contribution < -0.4 is 5.73 Å². The molecular formula is C15H14BrClFN. The van der Waals surface area contributed by atoms with Crippen molar-refractivity contribution in [2.45, 2.75) is 19.4 Å². The lowest BCUT2D eigenvalue weighted by atomic mass is 9.98. The molecule has 0 aliphatic rings. The minimum Gasteiger partial charge on any atom is -0.324 e. The fourth-order valence-corrected chi connectivity index (χ4v) is 2.49. The average molecular weight is 343 g/mol. The molecule has 19 heavy (non-hydrogen) atoms. The first-order valence-corrected chi connectivity index (χ1v) is 7.10. The molecule has 1 atom stereocenters. The zero-order valence-corrected chi connectivity index (χ0v) is 12.8. The number of nitrogens with two attached hydrogens (primary N) is 1. The van der Waals surface area contributed by atoms with Gasteiger partial charge in [0, 0.05) is 15.5 Å². The molecule has 0 amide bonds. The molecule has 0 fully saturated rings. The lowest BCUT2D eigenvalue weighted by molar-refractivity contribution is 0.593. The van der Waals surface area contributed by atoms with E-state index in [0.717, 1.165) is 15.6 Å². The van der Waals surface area contributed by atoms with Gasteiger partial charge in [-0.25, -0.2) is 4.39 Å². The predicted octanol–water partition coefficient (Wildman–Crippen LogP) is 4.79. The molecule has 0 heterocycles. The summed E-state index contributed by atoms with van der Waals surface area (Å²) in [4.78, 5) is 0. The molecule has 0 aliphatic carbocycles. The maximum Gasteiger partial charge on any atom is 0.126 e. The molecule has 4 heteroatoms. The highest BCUT2D eigenvalue weighted by atomic mass is 79.9. The summed E-state index contributed by atoms with van der Waals surface area (Å²) in [6.45, 7) is 2.01. The summed E-state index contributed by atoms with van der Waals surface area (Å²) in [5.41, 5.74) is 8.79. The third-order valence-electron chi connectivity index (χ3n) is 3.07. The molecule has 0 aromatic heterocycles. The predicted molar refractivity (Wildman–Crippen MR) is 80.9 cm³/mol. The fourth-order valence-electron chi connectivity index (χ4n) is 1.89. The number of rotatable bonds is 3. The molecule has 2 N–H and O–H groups in total. The zero-order chi connectivity index (χ0) is 14.0. The van der Waals surface area contributed by atoms with Crippen LogP contribution in [0.1, 0.15) is 22.7 Å². The minimum atomic E-state index is -0.272. The van der Waals surface area contributed by atoms with Gasteiger partial charge in [-0.1, -0.05) is 39.7 Å². The molecule has 2 aromatic rings.